The Morgan fingerprint density at radius 2 is 2.14 bits per heavy atom. The van der Waals surface area contributed by atoms with Gasteiger partial charge in [-0.15, -0.1) is 0 Å². The fourth-order valence-electron chi connectivity index (χ4n) is 2.65. The molecular weight excluding hydrogens is 271 g/mol. The first-order valence-corrected chi connectivity index (χ1v) is 6.86. The van der Waals surface area contributed by atoms with E-state index in [0.29, 0.717) is 30.4 Å². The molecule has 3 heterocycles. The Balaban J connectivity index is 1.74. The fraction of sp³-hybridized carbons (Fsp3) is 0.267. The summed E-state index contributed by atoms with van der Waals surface area (Å²) in [6, 6.07) is 9.62. The summed E-state index contributed by atoms with van der Waals surface area (Å²) in [5.41, 5.74) is 0.679. The first-order chi connectivity index (χ1) is 10.3. The van der Waals surface area contributed by atoms with E-state index in [1.54, 1.807) is 6.20 Å². The SMILES string of the molecule is F[C@@H]1CN[C@@H](c2nc(-c3nccc4ccccc34)no2)C1. The molecule has 2 atom stereocenters. The zero-order valence-corrected chi connectivity index (χ0v) is 11.2. The van der Waals surface area contributed by atoms with Gasteiger partial charge in [0.1, 0.15) is 11.9 Å². The Labute approximate surface area is 120 Å². The predicted octanol–water partition coefficient (Wildman–Crippen LogP) is 2.66. The normalized spacial score (nSPS) is 22.0. The summed E-state index contributed by atoms with van der Waals surface area (Å²) in [5.74, 6) is 0.853. The van der Waals surface area contributed by atoms with Crippen molar-refractivity contribution in [3.05, 3.63) is 42.4 Å². The molecule has 1 aromatic carbocycles. The number of benzene rings is 1. The number of halogens is 1. The van der Waals surface area contributed by atoms with E-state index < -0.39 is 6.17 Å². The minimum absolute atomic E-state index is 0.212. The molecule has 6 heteroatoms. The molecule has 0 saturated carbocycles. The van der Waals surface area contributed by atoms with Crippen molar-refractivity contribution in [3.63, 3.8) is 0 Å². The largest absolute Gasteiger partial charge is 0.337 e. The molecule has 1 aliphatic heterocycles. The maximum Gasteiger partial charge on any atom is 0.244 e. The number of nitrogens with zero attached hydrogens (tertiary/aromatic N) is 3. The van der Waals surface area contributed by atoms with Crippen molar-refractivity contribution in [2.75, 3.05) is 6.54 Å². The van der Waals surface area contributed by atoms with E-state index in [4.69, 9.17) is 4.52 Å². The van der Waals surface area contributed by atoms with E-state index in [2.05, 4.69) is 20.4 Å². The maximum absolute atomic E-state index is 13.2. The number of fused-ring (bicyclic) bond motifs is 1. The van der Waals surface area contributed by atoms with E-state index in [1.165, 1.54) is 0 Å². The first-order valence-electron chi connectivity index (χ1n) is 6.86. The molecule has 0 bridgehead atoms. The molecule has 1 saturated heterocycles. The smallest absolute Gasteiger partial charge is 0.244 e. The van der Waals surface area contributed by atoms with Crippen LogP contribution in [0.3, 0.4) is 0 Å². The van der Waals surface area contributed by atoms with Crippen molar-refractivity contribution in [3.8, 4) is 11.5 Å². The van der Waals surface area contributed by atoms with Gasteiger partial charge in [0.25, 0.3) is 0 Å². The Morgan fingerprint density at radius 3 is 3.00 bits per heavy atom. The highest BCUT2D eigenvalue weighted by atomic mass is 19.1. The lowest BCUT2D eigenvalue weighted by Crippen LogP contribution is -2.14. The molecule has 0 unspecified atom stereocenters. The van der Waals surface area contributed by atoms with E-state index in [0.717, 1.165) is 10.8 Å². The minimum atomic E-state index is -0.860. The fourth-order valence-corrected chi connectivity index (χ4v) is 2.65. The van der Waals surface area contributed by atoms with Crippen LogP contribution in [-0.2, 0) is 0 Å². The predicted molar refractivity (Wildman–Crippen MR) is 75.3 cm³/mol. The number of pyridine rings is 1. The average molecular weight is 284 g/mol. The van der Waals surface area contributed by atoms with E-state index >= 15 is 0 Å². The highest BCUT2D eigenvalue weighted by Crippen LogP contribution is 2.28. The Bertz CT molecular complexity index is 783. The second-order valence-corrected chi connectivity index (χ2v) is 5.13. The third kappa shape index (κ3) is 2.17. The zero-order valence-electron chi connectivity index (χ0n) is 11.2. The lowest BCUT2D eigenvalue weighted by atomic mass is 10.1. The standard InChI is InChI=1S/C15H13FN4O/c16-10-7-12(18-8-10)15-19-14(20-21-15)13-11-4-2-1-3-9(11)5-6-17-13/h1-6,10,12,18H,7-8H2/t10-,12+/m0/s1. The van der Waals surface area contributed by atoms with E-state index in [-0.39, 0.29) is 6.04 Å². The maximum atomic E-state index is 13.2. The van der Waals surface area contributed by atoms with Crippen molar-refractivity contribution >= 4 is 10.8 Å². The van der Waals surface area contributed by atoms with Crippen molar-refractivity contribution in [1.82, 2.24) is 20.4 Å². The van der Waals surface area contributed by atoms with Crippen LogP contribution in [-0.4, -0.2) is 27.8 Å². The Hall–Kier alpha value is -2.34. The van der Waals surface area contributed by atoms with Crippen LogP contribution in [0.4, 0.5) is 4.39 Å². The van der Waals surface area contributed by atoms with Gasteiger partial charge in [0.05, 0.1) is 6.04 Å². The van der Waals surface area contributed by atoms with Crippen LogP contribution in [0, 0.1) is 0 Å². The quantitative estimate of drug-likeness (QED) is 0.783. The van der Waals surface area contributed by atoms with Crippen molar-refractivity contribution < 1.29 is 8.91 Å². The van der Waals surface area contributed by atoms with Crippen molar-refractivity contribution in [2.24, 2.45) is 0 Å². The van der Waals surface area contributed by atoms with Gasteiger partial charge in [0.2, 0.25) is 11.7 Å². The summed E-state index contributed by atoms with van der Waals surface area (Å²) in [4.78, 5) is 8.73. The molecular formula is C15H13FN4O. The van der Waals surface area contributed by atoms with Gasteiger partial charge < -0.3 is 9.84 Å². The van der Waals surface area contributed by atoms with Crippen LogP contribution in [0.1, 0.15) is 18.4 Å². The molecule has 0 amide bonds. The highest BCUT2D eigenvalue weighted by molar-refractivity contribution is 5.92. The third-order valence-corrected chi connectivity index (χ3v) is 3.70. The lowest BCUT2D eigenvalue weighted by molar-refractivity contribution is 0.324. The molecule has 0 spiro atoms. The summed E-state index contributed by atoms with van der Waals surface area (Å²) >= 11 is 0. The summed E-state index contributed by atoms with van der Waals surface area (Å²) in [6.07, 6.45) is 1.23. The van der Waals surface area contributed by atoms with Crippen LogP contribution < -0.4 is 5.32 Å². The molecule has 2 aromatic heterocycles. The average Bonchev–Trinajstić information content (AvgIpc) is 3.15. The molecule has 3 aromatic rings. The second kappa shape index (κ2) is 4.89. The zero-order chi connectivity index (χ0) is 14.2. The van der Waals surface area contributed by atoms with Gasteiger partial charge in [-0.05, 0) is 11.5 Å². The minimum Gasteiger partial charge on any atom is -0.337 e. The number of hydrogen-bond donors (Lipinski definition) is 1. The number of alkyl halides is 1. The first kappa shape index (κ1) is 12.4. The summed E-state index contributed by atoms with van der Waals surface area (Å²) < 4.78 is 18.5. The molecule has 21 heavy (non-hydrogen) atoms. The van der Waals surface area contributed by atoms with E-state index in [9.17, 15) is 4.39 Å². The van der Waals surface area contributed by atoms with Gasteiger partial charge >= 0.3 is 0 Å². The Kier molecular flexibility index (Phi) is 2.89. The summed E-state index contributed by atoms with van der Waals surface area (Å²) in [5, 5.41) is 9.06. The van der Waals surface area contributed by atoms with Crippen LogP contribution in [0.5, 0.6) is 0 Å². The number of aromatic nitrogens is 3. The monoisotopic (exact) mass is 284 g/mol. The van der Waals surface area contributed by atoms with Gasteiger partial charge in [-0.3, -0.25) is 4.98 Å². The highest BCUT2D eigenvalue weighted by Gasteiger charge is 2.29. The molecule has 1 N–H and O–H groups in total. The lowest BCUT2D eigenvalue weighted by Gasteiger charge is -2.02. The van der Waals surface area contributed by atoms with Gasteiger partial charge in [-0.1, -0.05) is 29.4 Å². The summed E-state index contributed by atoms with van der Waals surface area (Å²) in [6.45, 7) is 0.328. The van der Waals surface area contributed by atoms with Crippen LogP contribution in [0.15, 0.2) is 41.1 Å². The van der Waals surface area contributed by atoms with Crippen molar-refractivity contribution in [1.29, 1.82) is 0 Å². The molecule has 4 rings (SSSR count). The third-order valence-electron chi connectivity index (χ3n) is 3.70. The molecule has 5 nitrogen and oxygen atoms in total. The van der Waals surface area contributed by atoms with Crippen molar-refractivity contribution in [2.45, 2.75) is 18.6 Å². The van der Waals surface area contributed by atoms with Gasteiger partial charge in [0.15, 0.2) is 0 Å². The van der Waals surface area contributed by atoms with Gasteiger partial charge in [0, 0.05) is 24.5 Å². The molecule has 1 fully saturated rings. The number of nitrogens with one attached hydrogen (secondary N) is 1. The second-order valence-electron chi connectivity index (χ2n) is 5.13. The number of hydrogen-bond acceptors (Lipinski definition) is 5. The molecule has 1 aliphatic rings. The van der Waals surface area contributed by atoms with E-state index in [1.807, 2.05) is 30.3 Å². The topological polar surface area (TPSA) is 63.8 Å². The number of rotatable bonds is 2. The molecule has 0 radical (unpaired) electrons. The van der Waals surface area contributed by atoms with Crippen LogP contribution >= 0.6 is 0 Å². The Morgan fingerprint density at radius 1 is 1.24 bits per heavy atom. The molecule has 106 valence electrons. The van der Waals surface area contributed by atoms with Crippen LogP contribution in [0.2, 0.25) is 0 Å². The van der Waals surface area contributed by atoms with Gasteiger partial charge in [-0.2, -0.15) is 4.98 Å². The van der Waals surface area contributed by atoms with Crippen LogP contribution in [0.25, 0.3) is 22.3 Å². The van der Waals surface area contributed by atoms with Gasteiger partial charge in [-0.25, -0.2) is 4.39 Å². The molecule has 0 aliphatic carbocycles. The summed E-state index contributed by atoms with van der Waals surface area (Å²) in [7, 11) is 0.